The predicted octanol–water partition coefficient (Wildman–Crippen LogP) is 4.70. The van der Waals surface area contributed by atoms with Crippen molar-refractivity contribution in [3.8, 4) is 0 Å². The maximum Gasteiger partial charge on any atom is 0.651 e. The number of hydrogen-bond donors (Lipinski definition) is 0. The quantitative estimate of drug-likeness (QED) is 0.0651. The van der Waals surface area contributed by atoms with Crippen LogP contribution in [-0.2, 0) is 120 Å². The van der Waals surface area contributed by atoms with E-state index in [9.17, 15) is 0 Å². The molecule has 8 atom stereocenters. The maximum absolute atomic E-state index is 7.95. The van der Waals surface area contributed by atoms with Crippen molar-refractivity contribution in [2.45, 2.75) is 202 Å². The molecule has 14 heterocycles. The van der Waals surface area contributed by atoms with Gasteiger partial charge in [0.05, 0.1) is 102 Å². The van der Waals surface area contributed by atoms with Crippen molar-refractivity contribution in [3.63, 3.8) is 0 Å². The zero-order valence-electron chi connectivity index (χ0n) is 51.4. The largest absolute Gasteiger partial charge is 0.651 e. The summed E-state index contributed by atoms with van der Waals surface area (Å²) in [6, 6.07) is 3.95. The van der Waals surface area contributed by atoms with Crippen LogP contribution in [0.2, 0.25) is 153 Å². The van der Waals surface area contributed by atoms with Gasteiger partial charge in [-0.25, -0.2) is 0 Å². The van der Waals surface area contributed by atoms with Gasteiger partial charge >= 0.3 is 72.4 Å². The Morgan fingerprint density at radius 1 is 0.202 bits per heavy atom. The first-order valence-corrected chi connectivity index (χ1v) is 67.7. The van der Waals surface area contributed by atoms with Gasteiger partial charge in [-0.1, -0.05) is 0 Å². The molecule has 0 aromatic rings. The summed E-state index contributed by atoms with van der Waals surface area (Å²) in [4.78, 5) is 0. The van der Waals surface area contributed by atoms with E-state index < -0.39 is 139 Å². The zero-order chi connectivity index (χ0) is 59.7. The SMILES string of the molecule is C[Si](C)(CC1CO1)O[Si]12O[Si]3(O[Si](C)(C)CC4CO4)O[Si]4(O[Si](C)(C)CC5CO5)O[Si](O[Si](C)(C)CC5CO5)(O1)O[Si]1(O[Si](C)(C)CC5CO5)O[Si](O[Si](C)(C)CC5CO5)(O2)O[Si](O[Si](C)(C)CC2CO2)(O3)O[Si](O[Si](C)(C)CC2CO2)(O4)O1. The Labute approximate surface area is 510 Å². The lowest BCUT2D eigenvalue weighted by Crippen LogP contribution is -2.93. The fraction of sp³-hybridized carbons (Fsp3) is 1.00. The molecule has 0 radical (unpaired) electrons. The Balaban J connectivity index is 1.11. The average Bonchev–Trinajstić information content (AvgIpc) is 1.82. The summed E-state index contributed by atoms with van der Waals surface area (Å²) in [5, 5.41) is 0. The summed E-state index contributed by atoms with van der Waals surface area (Å²) in [6.07, 6.45) is -0.881. The third-order valence-electron chi connectivity index (χ3n) is 15.2. The van der Waals surface area contributed by atoms with Crippen LogP contribution in [0.5, 0.6) is 0 Å². The van der Waals surface area contributed by atoms with Crippen molar-refractivity contribution < 1.29 is 120 Å². The molecule has 0 spiro atoms. The van der Waals surface area contributed by atoms with Crippen molar-refractivity contribution in [2.24, 2.45) is 0 Å². The first-order valence-electron chi connectivity index (χ1n) is 29.7. The Hall–Kier alpha value is 2.35. The highest BCUT2D eigenvalue weighted by molar-refractivity contribution is 7.04. The lowest BCUT2D eigenvalue weighted by Gasteiger charge is -2.61. The number of hydrogen-bond acceptors (Lipinski definition) is 28. The fourth-order valence-corrected chi connectivity index (χ4v) is 87.4. The van der Waals surface area contributed by atoms with Crippen molar-refractivity contribution in [3.05, 3.63) is 0 Å². The van der Waals surface area contributed by atoms with E-state index in [-0.39, 0.29) is 48.8 Å². The Morgan fingerprint density at radius 3 is 0.357 bits per heavy atom. The zero-order valence-corrected chi connectivity index (χ0v) is 67.4. The summed E-state index contributed by atoms with van der Waals surface area (Å²) in [5.41, 5.74) is 0. The average molecular weight is 1470 g/mol. The van der Waals surface area contributed by atoms with Crippen LogP contribution in [0.15, 0.2) is 0 Å². The maximum atomic E-state index is 7.95. The van der Waals surface area contributed by atoms with Gasteiger partial charge in [0.2, 0.25) is 0 Å². The minimum absolute atomic E-state index is 0.110. The van der Waals surface area contributed by atoms with Gasteiger partial charge in [0, 0.05) is 0 Å². The normalized spacial score (nSPS) is 44.0. The summed E-state index contributed by atoms with van der Waals surface area (Å²) in [6.45, 7) is 36.9. The summed E-state index contributed by atoms with van der Waals surface area (Å²) >= 11 is 0. The highest BCUT2D eigenvalue weighted by Gasteiger charge is 2.93. The molecule has 8 unspecified atom stereocenters. The molecule has 8 bridgehead atoms. The first-order chi connectivity index (χ1) is 38.8. The van der Waals surface area contributed by atoms with Crippen LogP contribution < -0.4 is 0 Å². The second-order valence-corrected chi connectivity index (χ2v) is 85.1. The highest BCUT2D eigenvalue weighted by atomic mass is 28.7. The van der Waals surface area contributed by atoms with Crippen LogP contribution in [0.1, 0.15) is 0 Å². The smallest absolute Gasteiger partial charge is 0.395 e. The predicted molar refractivity (Wildman–Crippen MR) is 324 cm³/mol. The van der Waals surface area contributed by atoms with Gasteiger partial charge in [-0.15, -0.1) is 0 Å². The van der Waals surface area contributed by atoms with Crippen LogP contribution in [0, 0.1) is 0 Å². The number of rotatable bonds is 32. The molecule has 44 heteroatoms. The van der Waals surface area contributed by atoms with Crippen LogP contribution >= 0.6 is 0 Å². The second kappa shape index (κ2) is 21.9. The van der Waals surface area contributed by atoms with E-state index in [0.717, 1.165) is 0 Å². The van der Waals surface area contributed by atoms with Gasteiger partial charge in [0.25, 0.3) is 0 Å². The highest BCUT2D eigenvalue weighted by Crippen LogP contribution is 2.55. The fourth-order valence-electron chi connectivity index (χ4n) is 11.8. The molecule has 0 amide bonds. The van der Waals surface area contributed by atoms with Crippen molar-refractivity contribution in [1.82, 2.24) is 0 Å². The third kappa shape index (κ3) is 16.9. The molecule has 14 aliphatic rings. The monoisotopic (exact) mass is 1460 g/mol. The van der Waals surface area contributed by atoms with Crippen molar-refractivity contribution in [2.75, 3.05) is 52.9 Å². The molecule has 0 aromatic heterocycles. The van der Waals surface area contributed by atoms with E-state index in [1.54, 1.807) is 0 Å². The molecule has 14 rings (SSSR count). The van der Waals surface area contributed by atoms with Crippen LogP contribution in [0.3, 0.4) is 0 Å². The number of epoxide rings is 8. The summed E-state index contributed by atoms with van der Waals surface area (Å²) < 4.78 is 205. The van der Waals surface area contributed by atoms with Gasteiger partial charge in [-0.3, -0.25) is 0 Å². The molecule has 480 valence electrons. The van der Waals surface area contributed by atoms with Crippen LogP contribution in [0.4, 0.5) is 0 Å². The van der Waals surface area contributed by atoms with E-state index in [0.29, 0.717) is 101 Å². The molecule has 0 aliphatic carbocycles. The van der Waals surface area contributed by atoms with E-state index in [1.807, 2.05) is 105 Å². The van der Waals surface area contributed by atoms with Gasteiger partial charge in [0.1, 0.15) is 0 Å². The molecule has 0 N–H and O–H groups in total. The minimum atomic E-state index is -5.39. The number of ether oxygens (including phenoxy) is 8. The van der Waals surface area contributed by atoms with E-state index in [1.165, 1.54) is 0 Å². The molecular formula is C40H88O28Si16. The summed E-state index contributed by atoms with van der Waals surface area (Å²) in [5.74, 6) is 0. The molecule has 14 fully saturated rings. The minimum Gasteiger partial charge on any atom is -0.395 e. The van der Waals surface area contributed by atoms with Crippen molar-refractivity contribution in [1.29, 1.82) is 0 Å². The topological polar surface area (TPSA) is 285 Å². The molecule has 0 saturated carbocycles. The van der Waals surface area contributed by atoms with Gasteiger partial charge in [-0.05, 0) is 153 Å². The van der Waals surface area contributed by atoms with E-state index in [4.69, 9.17) is 120 Å². The van der Waals surface area contributed by atoms with Crippen molar-refractivity contribution >= 4 is 139 Å². The lowest BCUT2D eigenvalue weighted by atomic mass is 10.6. The lowest BCUT2D eigenvalue weighted by molar-refractivity contribution is -0.129. The van der Waals surface area contributed by atoms with Gasteiger partial charge in [-0.2, -0.15) is 0 Å². The van der Waals surface area contributed by atoms with Crippen LogP contribution in [-0.4, -0.2) is 241 Å². The molecular weight excluding hydrogens is 1380 g/mol. The van der Waals surface area contributed by atoms with Crippen LogP contribution in [0.25, 0.3) is 0 Å². The van der Waals surface area contributed by atoms with Gasteiger partial charge in [0.15, 0.2) is 66.5 Å². The molecule has 84 heavy (non-hydrogen) atoms. The van der Waals surface area contributed by atoms with E-state index >= 15 is 0 Å². The molecule has 28 nitrogen and oxygen atoms in total. The Kier molecular flexibility index (Phi) is 17.0. The first kappa shape index (κ1) is 65.0. The third-order valence-corrected chi connectivity index (χ3v) is 76.4. The molecule has 14 saturated heterocycles. The van der Waals surface area contributed by atoms with Gasteiger partial charge < -0.3 is 120 Å². The Bertz CT molecular complexity index is 1900. The second-order valence-electron chi connectivity index (χ2n) is 29.4. The molecule has 14 aliphatic heterocycles. The molecule has 0 aromatic carbocycles. The summed E-state index contributed by atoms with van der Waals surface area (Å²) in [7, 11) is -68.8. The van der Waals surface area contributed by atoms with E-state index in [2.05, 4.69) is 0 Å². The Morgan fingerprint density at radius 2 is 0.286 bits per heavy atom. The standard InChI is InChI=1S/C40H88O28Si16/c1-69(2,25-33-17-41-33)49-77-57-78(50-70(3,4)26-34-18-42-34)60-81(53-73(9,10)29-37-21-45-37)62-79(58-77,51-71(5,6)27-35-19-43-35)64-83(55-75(13,14)31-39-23-47-39)65-80(59-77,52-72(7,8)28-36-20-44-36)63-82(61-78,54-74(11,12)30-38-22-46-38)67-84(66-81,68-83)56-76(15,16)32-40-24-48-40/h33-40H,17-32H2,1-16H3.